The topological polar surface area (TPSA) is 151 Å². The van der Waals surface area contributed by atoms with E-state index < -0.39 is 34.4 Å². The minimum Gasteiger partial charge on any atom is -0.507 e. The van der Waals surface area contributed by atoms with E-state index in [1.54, 1.807) is 12.1 Å². The highest BCUT2D eigenvalue weighted by Crippen LogP contribution is 2.40. The van der Waals surface area contributed by atoms with Crippen molar-refractivity contribution in [1.82, 2.24) is 4.90 Å². The highest BCUT2D eigenvalue weighted by molar-refractivity contribution is 6.46. The van der Waals surface area contributed by atoms with Crippen LogP contribution in [0.15, 0.2) is 76.9 Å². The van der Waals surface area contributed by atoms with Crippen LogP contribution in [0.2, 0.25) is 0 Å². The van der Waals surface area contributed by atoms with Gasteiger partial charge in [-0.3, -0.25) is 19.7 Å². The van der Waals surface area contributed by atoms with Crippen molar-refractivity contribution >= 4 is 29.1 Å². The summed E-state index contributed by atoms with van der Waals surface area (Å²) in [6.45, 7) is -0.0487. The van der Waals surface area contributed by atoms with E-state index >= 15 is 0 Å². The van der Waals surface area contributed by atoms with Crippen LogP contribution in [-0.2, 0) is 16.1 Å². The number of aliphatic hydroxyl groups excluding tert-OH is 1. The van der Waals surface area contributed by atoms with E-state index in [0.717, 1.165) is 0 Å². The molecule has 1 amide bonds. The third-order valence-electron chi connectivity index (χ3n) is 5.26. The number of nitro benzene ring substituents is 1. The largest absolute Gasteiger partial charge is 0.507 e. The summed E-state index contributed by atoms with van der Waals surface area (Å²) < 4.78 is 5.44. The summed E-state index contributed by atoms with van der Waals surface area (Å²) in [7, 11) is 0. The van der Waals surface area contributed by atoms with Gasteiger partial charge >= 0.3 is 5.97 Å². The molecule has 1 aliphatic heterocycles. The Labute approximate surface area is 186 Å². The zero-order valence-electron chi connectivity index (χ0n) is 16.9. The maximum atomic E-state index is 12.9. The number of hydrogen-bond donors (Lipinski definition) is 2. The van der Waals surface area contributed by atoms with E-state index in [0.29, 0.717) is 5.56 Å². The van der Waals surface area contributed by atoms with Gasteiger partial charge in [0, 0.05) is 24.2 Å². The number of benzene rings is 2. The molecule has 2 aromatic carbocycles. The van der Waals surface area contributed by atoms with Crippen LogP contribution in [0.3, 0.4) is 0 Å². The molecule has 1 unspecified atom stereocenters. The number of non-ortho nitro benzene ring substituents is 1. The van der Waals surface area contributed by atoms with E-state index in [9.17, 15) is 29.6 Å². The van der Waals surface area contributed by atoms with E-state index in [2.05, 4.69) is 0 Å². The number of furan rings is 1. The van der Waals surface area contributed by atoms with E-state index in [4.69, 9.17) is 9.52 Å². The van der Waals surface area contributed by atoms with Crippen molar-refractivity contribution < 1.29 is 33.9 Å². The number of aliphatic hydroxyl groups is 1. The smallest absolute Gasteiger partial charge is 0.335 e. The summed E-state index contributed by atoms with van der Waals surface area (Å²) in [6, 6.07) is 12.8. The minimum absolute atomic E-state index is 0.0487. The van der Waals surface area contributed by atoms with Crippen molar-refractivity contribution in [3.8, 4) is 0 Å². The quantitative estimate of drug-likeness (QED) is 0.191. The third-order valence-corrected chi connectivity index (χ3v) is 5.26. The summed E-state index contributed by atoms with van der Waals surface area (Å²) in [5.74, 6) is -3.16. The number of amides is 1. The molecular weight excluding hydrogens is 432 g/mol. The molecule has 1 atom stereocenters. The van der Waals surface area contributed by atoms with Crippen LogP contribution in [0.4, 0.5) is 5.69 Å². The molecule has 2 N–H and O–H groups in total. The standard InChI is InChI=1S/C23H16N2O8/c26-20(14-7-9-16(10-8-14)25(31)32)18-19(17-2-1-11-33-17)24(22(28)21(18)27)12-13-3-5-15(6-4-13)23(29)30/h1-11,19,26H,12H2,(H,29,30)/b20-18-. The van der Waals surface area contributed by atoms with Gasteiger partial charge in [0.1, 0.15) is 17.6 Å². The molecule has 0 saturated carbocycles. The molecule has 166 valence electrons. The summed E-state index contributed by atoms with van der Waals surface area (Å²) in [5, 5.41) is 30.9. The van der Waals surface area contributed by atoms with Gasteiger partial charge in [-0.25, -0.2) is 4.79 Å². The van der Waals surface area contributed by atoms with Crippen molar-refractivity contribution in [3.63, 3.8) is 0 Å². The number of carboxylic acids is 1. The van der Waals surface area contributed by atoms with Gasteiger partial charge in [0.15, 0.2) is 0 Å². The lowest BCUT2D eigenvalue weighted by atomic mass is 9.99. The number of hydrogen-bond acceptors (Lipinski definition) is 7. The predicted octanol–water partition coefficient (Wildman–Crippen LogP) is 3.51. The first kappa shape index (κ1) is 21.5. The number of rotatable bonds is 6. The minimum atomic E-state index is -1.10. The Kier molecular flexibility index (Phi) is 5.49. The molecule has 0 radical (unpaired) electrons. The molecule has 2 heterocycles. The SMILES string of the molecule is O=C1C(=O)N(Cc2ccc(C(=O)O)cc2)C(c2ccco2)/C1=C(/O)c1ccc([N+](=O)[O-])cc1. The first-order chi connectivity index (χ1) is 15.8. The van der Waals surface area contributed by atoms with Crippen LogP contribution >= 0.6 is 0 Å². The Hall–Kier alpha value is -4.73. The van der Waals surface area contributed by atoms with Crippen molar-refractivity contribution in [3.05, 3.63) is 105 Å². The monoisotopic (exact) mass is 448 g/mol. The normalized spacial score (nSPS) is 17.3. The van der Waals surface area contributed by atoms with Gasteiger partial charge in [-0.05, 0) is 42.0 Å². The highest BCUT2D eigenvalue weighted by Gasteiger charge is 2.47. The van der Waals surface area contributed by atoms with Crippen molar-refractivity contribution in [1.29, 1.82) is 0 Å². The molecule has 1 saturated heterocycles. The van der Waals surface area contributed by atoms with Crippen LogP contribution in [0.25, 0.3) is 5.76 Å². The van der Waals surface area contributed by atoms with Crippen LogP contribution in [0, 0.1) is 10.1 Å². The molecule has 1 aromatic heterocycles. The van der Waals surface area contributed by atoms with Crippen LogP contribution in [0.1, 0.15) is 33.3 Å². The second-order valence-corrected chi connectivity index (χ2v) is 7.25. The number of ketones is 1. The zero-order chi connectivity index (χ0) is 23.7. The molecule has 1 aliphatic rings. The Balaban J connectivity index is 1.76. The van der Waals surface area contributed by atoms with E-state index in [1.165, 1.54) is 59.7 Å². The molecule has 10 heteroatoms. The maximum Gasteiger partial charge on any atom is 0.335 e. The number of nitro groups is 1. The number of carbonyl (C=O) groups is 3. The zero-order valence-corrected chi connectivity index (χ0v) is 16.9. The average Bonchev–Trinajstić information content (AvgIpc) is 3.42. The summed E-state index contributed by atoms with van der Waals surface area (Å²) >= 11 is 0. The van der Waals surface area contributed by atoms with Crippen LogP contribution < -0.4 is 0 Å². The molecule has 0 aliphatic carbocycles. The van der Waals surface area contributed by atoms with Crippen LogP contribution in [-0.4, -0.2) is 37.7 Å². The second-order valence-electron chi connectivity index (χ2n) is 7.25. The fourth-order valence-electron chi connectivity index (χ4n) is 3.63. The summed E-state index contributed by atoms with van der Waals surface area (Å²) in [4.78, 5) is 48.4. The second kappa shape index (κ2) is 8.42. The fourth-order valence-corrected chi connectivity index (χ4v) is 3.63. The average molecular weight is 448 g/mol. The van der Waals surface area contributed by atoms with Crippen molar-refractivity contribution in [2.45, 2.75) is 12.6 Å². The van der Waals surface area contributed by atoms with Gasteiger partial charge in [0.25, 0.3) is 17.4 Å². The van der Waals surface area contributed by atoms with Crippen LogP contribution in [0.5, 0.6) is 0 Å². The molecular formula is C23H16N2O8. The number of likely N-dealkylation sites (tertiary alicyclic amines) is 1. The van der Waals surface area contributed by atoms with Crippen molar-refractivity contribution in [2.75, 3.05) is 0 Å². The number of carbonyl (C=O) groups excluding carboxylic acids is 2. The highest BCUT2D eigenvalue weighted by atomic mass is 16.6. The molecule has 0 spiro atoms. The van der Waals surface area contributed by atoms with Gasteiger partial charge in [-0.2, -0.15) is 0 Å². The van der Waals surface area contributed by atoms with Crippen molar-refractivity contribution in [2.24, 2.45) is 0 Å². The lowest BCUT2D eigenvalue weighted by molar-refractivity contribution is -0.384. The number of carboxylic acid groups (broad SMARTS) is 1. The molecule has 4 rings (SSSR count). The molecule has 0 bridgehead atoms. The van der Waals surface area contributed by atoms with Gasteiger partial charge in [0.2, 0.25) is 0 Å². The van der Waals surface area contributed by atoms with E-state index in [-0.39, 0.29) is 34.7 Å². The van der Waals surface area contributed by atoms with Gasteiger partial charge in [0.05, 0.1) is 22.3 Å². The van der Waals surface area contributed by atoms with Gasteiger partial charge in [-0.15, -0.1) is 0 Å². The number of nitrogens with zero attached hydrogens (tertiary/aromatic N) is 2. The maximum absolute atomic E-state index is 12.9. The lowest BCUT2D eigenvalue weighted by Crippen LogP contribution is -2.29. The Morgan fingerprint density at radius 1 is 1.00 bits per heavy atom. The third kappa shape index (κ3) is 3.97. The number of aromatic carboxylic acids is 1. The first-order valence-electron chi connectivity index (χ1n) is 9.67. The van der Waals surface area contributed by atoms with Gasteiger partial charge in [-0.1, -0.05) is 12.1 Å². The fraction of sp³-hybridized carbons (Fsp3) is 0.0870. The first-order valence-corrected chi connectivity index (χ1v) is 9.67. The van der Waals surface area contributed by atoms with Gasteiger partial charge < -0.3 is 19.5 Å². The molecule has 3 aromatic rings. The lowest BCUT2D eigenvalue weighted by Gasteiger charge is -2.23. The number of Topliss-reactive ketones (excluding diaryl/α,β-unsaturated/α-hetero) is 1. The molecule has 10 nitrogen and oxygen atoms in total. The molecule has 1 fully saturated rings. The Morgan fingerprint density at radius 3 is 2.18 bits per heavy atom. The Morgan fingerprint density at radius 2 is 1.64 bits per heavy atom. The summed E-state index contributed by atoms with van der Waals surface area (Å²) in [6.07, 6.45) is 1.36. The molecule has 33 heavy (non-hydrogen) atoms. The van der Waals surface area contributed by atoms with E-state index in [1.807, 2.05) is 0 Å². The predicted molar refractivity (Wildman–Crippen MR) is 113 cm³/mol. The summed E-state index contributed by atoms with van der Waals surface area (Å²) in [5.41, 5.74) is 0.349. The Bertz CT molecular complexity index is 1280.